The van der Waals surface area contributed by atoms with Crippen LogP contribution in [-0.4, -0.2) is 59.0 Å². The Hall–Kier alpha value is -1.89. The molecule has 1 aliphatic carbocycles. The van der Waals surface area contributed by atoms with Crippen LogP contribution in [0.1, 0.15) is 74.7 Å². The summed E-state index contributed by atoms with van der Waals surface area (Å²) in [6.07, 6.45) is 6.48. The number of likely N-dealkylation sites (tertiary alicyclic amines) is 1. The van der Waals surface area contributed by atoms with Crippen LogP contribution in [0, 0.1) is 35.0 Å². The van der Waals surface area contributed by atoms with Crippen LogP contribution in [0.15, 0.2) is 12.2 Å². The first-order valence-electron chi connectivity index (χ1n) is 12.8. The monoisotopic (exact) mass is 477 g/mol. The summed E-state index contributed by atoms with van der Waals surface area (Å²) in [5.41, 5.74) is -0.462. The molecule has 3 N–H and O–H groups in total. The minimum absolute atomic E-state index is 0.0124. The fraction of sp³-hybridized carbons (Fsp3) is 0.815. The molecule has 0 radical (unpaired) electrons. The highest BCUT2D eigenvalue weighted by Gasteiger charge is 2.59. The summed E-state index contributed by atoms with van der Waals surface area (Å²) in [5.74, 6) is -2.23. The Morgan fingerprint density at radius 1 is 1.12 bits per heavy atom. The van der Waals surface area contributed by atoms with E-state index >= 15 is 0 Å². The van der Waals surface area contributed by atoms with Gasteiger partial charge in [-0.2, -0.15) is 0 Å². The lowest BCUT2D eigenvalue weighted by Crippen LogP contribution is -2.57. The maximum absolute atomic E-state index is 14.0. The lowest BCUT2D eigenvalue weighted by atomic mass is 9.68. The number of allylic oxidation sites excluding steroid dienone is 1. The van der Waals surface area contributed by atoms with Gasteiger partial charge in [0.1, 0.15) is 6.04 Å². The first-order valence-corrected chi connectivity index (χ1v) is 12.8. The van der Waals surface area contributed by atoms with Gasteiger partial charge in [0.05, 0.1) is 24.5 Å². The number of carbonyl (C=O) groups excluding carboxylic acids is 3. The summed E-state index contributed by atoms with van der Waals surface area (Å²) in [6, 6.07) is -1.26. The zero-order valence-corrected chi connectivity index (χ0v) is 22.6. The molecule has 6 atom stereocenters. The van der Waals surface area contributed by atoms with Crippen molar-refractivity contribution >= 4 is 17.7 Å². The molecular weight excluding hydrogens is 430 g/mol. The van der Waals surface area contributed by atoms with Crippen LogP contribution in [0.3, 0.4) is 0 Å². The molecule has 1 saturated heterocycles. The van der Waals surface area contributed by atoms with Crippen molar-refractivity contribution in [2.45, 2.75) is 92.3 Å². The number of amides is 3. The molecule has 0 aromatic heterocycles. The standard InChI is InChI=1S/C27H47N3O4/c1-10-11-17-12-13-18-21(20(17)23(32)28-9)25(34)30(19(14-31)16(2)3)22(18)24(33)29-27(7,8)15-26(4,5)6/h12-13,16-22,31H,10-11,14-15H2,1-9H3,(H,28,32)(H,29,33)/t17-,18+,19+,20-,21+,22+/m1/s1. The van der Waals surface area contributed by atoms with Gasteiger partial charge in [-0.25, -0.2) is 0 Å². The van der Waals surface area contributed by atoms with Gasteiger partial charge in [0.15, 0.2) is 0 Å². The van der Waals surface area contributed by atoms with E-state index in [-0.39, 0.29) is 41.6 Å². The van der Waals surface area contributed by atoms with E-state index in [9.17, 15) is 19.5 Å². The van der Waals surface area contributed by atoms with E-state index in [1.54, 1.807) is 11.9 Å². The summed E-state index contributed by atoms with van der Waals surface area (Å²) in [6.45, 7) is 16.1. The van der Waals surface area contributed by atoms with Gasteiger partial charge in [-0.05, 0) is 43.9 Å². The van der Waals surface area contributed by atoms with Gasteiger partial charge >= 0.3 is 0 Å². The van der Waals surface area contributed by atoms with Gasteiger partial charge in [0.25, 0.3) is 0 Å². The Morgan fingerprint density at radius 2 is 1.74 bits per heavy atom. The van der Waals surface area contributed by atoms with E-state index in [4.69, 9.17) is 0 Å². The van der Waals surface area contributed by atoms with E-state index in [1.807, 2.05) is 39.8 Å². The topological polar surface area (TPSA) is 98.7 Å². The van der Waals surface area contributed by atoms with Crippen molar-refractivity contribution < 1.29 is 19.5 Å². The number of aliphatic hydroxyl groups is 1. The van der Waals surface area contributed by atoms with Crippen molar-refractivity contribution in [3.05, 3.63) is 12.2 Å². The highest BCUT2D eigenvalue weighted by atomic mass is 16.3. The van der Waals surface area contributed by atoms with Crippen molar-refractivity contribution in [2.24, 2.45) is 35.0 Å². The minimum Gasteiger partial charge on any atom is -0.394 e. The molecule has 34 heavy (non-hydrogen) atoms. The zero-order valence-electron chi connectivity index (χ0n) is 22.6. The highest BCUT2D eigenvalue weighted by molar-refractivity contribution is 5.97. The smallest absolute Gasteiger partial charge is 0.243 e. The number of hydrogen-bond acceptors (Lipinski definition) is 4. The predicted octanol–water partition coefficient (Wildman–Crippen LogP) is 3.13. The summed E-state index contributed by atoms with van der Waals surface area (Å²) >= 11 is 0. The molecule has 2 rings (SSSR count). The SMILES string of the molecule is CCC[C@@H]1C=C[C@H]2[C@H](C(=O)N([C@@H](CO)C(C)C)[C@@H]2C(=O)NC(C)(C)CC(C)(C)C)[C@@H]1C(=O)NC. The number of nitrogens with one attached hydrogen (secondary N) is 2. The first kappa shape index (κ1) is 28.3. The summed E-state index contributed by atoms with van der Waals surface area (Å²) in [4.78, 5) is 42.4. The maximum atomic E-state index is 14.0. The lowest BCUT2D eigenvalue weighted by molar-refractivity contribution is -0.144. The summed E-state index contributed by atoms with van der Waals surface area (Å²) < 4.78 is 0. The van der Waals surface area contributed by atoms with E-state index in [1.165, 1.54) is 0 Å². The van der Waals surface area contributed by atoms with Gasteiger partial charge in [-0.1, -0.05) is 60.1 Å². The molecule has 2 aliphatic rings. The number of fused-ring (bicyclic) bond motifs is 1. The van der Waals surface area contributed by atoms with Crippen molar-refractivity contribution in [3.8, 4) is 0 Å². The van der Waals surface area contributed by atoms with E-state index < -0.39 is 35.4 Å². The quantitative estimate of drug-likeness (QED) is 0.444. The fourth-order valence-corrected chi connectivity index (χ4v) is 6.33. The normalized spacial score (nSPS) is 28.1. The molecule has 0 aromatic rings. The van der Waals surface area contributed by atoms with Crippen LogP contribution in [-0.2, 0) is 14.4 Å². The summed E-state index contributed by atoms with van der Waals surface area (Å²) in [7, 11) is 1.60. The average molecular weight is 478 g/mol. The molecule has 1 heterocycles. The van der Waals surface area contributed by atoms with Crippen LogP contribution < -0.4 is 10.6 Å². The van der Waals surface area contributed by atoms with E-state index in [2.05, 4.69) is 38.3 Å². The molecule has 0 saturated carbocycles. The zero-order chi connectivity index (χ0) is 26.0. The Labute approximate surface area is 206 Å². The Kier molecular flexibility index (Phi) is 9.00. The van der Waals surface area contributed by atoms with Crippen LogP contribution >= 0.6 is 0 Å². The largest absolute Gasteiger partial charge is 0.394 e. The molecule has 194 valence electrons. The van der Waals surface area contributed by atoms with Gasteiger partial charge in [0, 0.05) is 18.5 Å². The predicted molar refractivity (Wildman–Crippen MR) is 135 cm³/mol. The number of nitrogens with zero attached hydrogens (tertiary/aromatic N) is 1. The third kappa shape index (κ3) is 6.02. The van der Waals surface area contributed by atoms with E-state index in [0.29, 0.717) is 0 Å². The van der Waals surface area contributed by atoms with Crippen LogP contribution in [0.5, 0.6) is 0 Å². The highest BCUT2D eigenvalue weighted by Crippen LogP contribution is 2.46. The lowest BCUT2D eigenvalue weighted by Gasteiger charge is -2.39. The van der Waals surface area contributed by atoms with Crippen LogP contribution in [0.4, 0.5) is 0 Å². The number of hydrogen-bond donors (Lipinski definition) is 3. The van der Waals surface area contributed by atoms with Gasteiger partial charge in [-0.3, -0.25) is 14.4 Å². The molecule has 1 fully saturated rings. The molecule has 7 heteroatoms. The van der Waals surface area contributed by atoms with Crippen molar-refractivity contribution in [1.82, 2.24) is 15.5 Å². The molecule has 0 bridgehead atoms. The van der Waals surface area contributed by atoms with Gasteiger partial charge < -0.3 is 20.6 Å². The maximum Gasteiger partial charge on any atom is 0.243 e. The van der Waals surface area contributed by atoms with Crippen molar-refractivity contribution in [1.29, 1.82) is 0 Å². The van der Waals surface area contributed by atoms with Gasteiger partial charge in [-0.15, -0.1) is 0 Å². The molecular formula is C27H47N3O4. The third-order valence-electron chi connectivity index (χ3n) is 7.23. The van der Waals surface area contributed by atoms with E-state index in [0.717, 1.165) is 19.3 Å². The first-order chi connectivity index (χ1) is 15.7. The van der Waals surface area contributed by atoms with Crippen LogP contribution in [0.25, 0.3) is 0 Å². The molecule has 3 amide bonds. The Balaban J connectivity index is 2.55. The second-order valence-corrected chi connectivity index (χ2v) is 12.4. The fourth-order valence-electron chi connectivity index (χ4n) is 6.33. The molecule has 7 nitrogen and oxygen atoms in total. The Bertz CT molecular complexity index is 783. The molecule has 0 aromatic carbocycles. The third-order valence-corrected chi connectivity index (χ3v) is 7.23. The van der Waals surface area contributed by atoms with Crippen molar-refractivity contribution in [3.63, 3.8) is 0 Å². The number of carbonyl (C=O) groups is 3. The average Bonchev–Trinajstić information content (AvgIpc) is 2.98. The Morgan fingerprint density at radius 3 is 2.21 bits per heavy atom. The molecule has 1 aliphatic heterocycles. The second kappa shape index (κ2) is 10.8. The number of aliphatic hydroxyl groups excluding tert-OH is 1. The second-order valence-electron chi connectivity index (χ2n) is 12.4. The number of rotatable bonds is 9. The minimum atomic E-state index is -0.762. The van der Waals surface area contributed by atoms with Gasteiger partial charge in [0.2, 0.25) is 17.7 Å². The summed E-state index contributed by atoms with van der Waals surface area (Å²) in [5, 5.41) is 16.2. The van der Waals surface area contributed by atoms with Crippen LogP contribution in [0.2, 0.25) is 0 Å². The van der Waals surface area contributed by atoms with Crippen molar-refractivity contribution in [2.75, 3.05) is 13.7 Å². The molecule has 0 spiro atoms. The molecule has 0 unspecified atom stereocenters.